The molecule has 0 spiro atoms. The minimum Gasteiger partial charge on any atom is -0.362 e. The van der Waals surface area contributed by atoms with Gasteiger partial charge in [0.2, 0.25) is 0 Å². The van der Waals surface area contributed by atoms with E-state index in [4.69, 9.17) is 7.85 Å². The van der Waals surface area contributed by atoms with Gasteiger partial charge in [0.25, 0.3) is 0 Å². The predicted octanol–water partition coefficient (Wildman–Crippen LogP) is 2.60. The fourth-order valence-corrected chi connectivity index (χ4v) is 2.14. The molecule has 3 rings (SSSR count). The van der Waals surface area contributed by atoms with Gasteiger partial charge in [0, 0.05) is 6.04 Å². The van der Waals surface area contributed by atoms with Gasteiger partial charge in [-0.05, 0) is 24.6 Å². The molecule has 1 aromatic heterocycles. The van der Waals surface area contributed by atoms with E-state index in [0.717, 1.165) is 16.9 Å². The van der Waals surface area contributed by atoms with Crippen LogP contribution < -0.4 is 10.8 Å². The predicted molar refractivity (Wildman–Crippen MR) is 83.4 cm³/mol. The summed E-state index contributed by atoms with van der Waals surface area (Å²) in [5, 5.41) is 3.36. The van der Waals surface area contributed by atoms with Crippen molar-refractivity contribution in [2.75, 3.05) is 5.32 Å². The average molecular weight is 259 g/mol. The van der Waals surface area contributed by atoms with Gasteiger partial charge >= 0.3 is 0 Å². The Morgan fingerprint density at radius 3 is 2.65 bits per heavy atom. The van der Waals surface area contributed by atoms with Crippen molar-refractivity contribution < 1.29 is 0 Å². The molecule has 1 heterocycles. The van der Waals surface area contributed by atoms with Crippen LogP contribution in [0.25, 0.3) is 11.0 Å². The molecule has 3 aromatic rings. The molecule has 0 aliphatic carbocycles. The standard InChI is InChI=1S/C16H14BN3/c1-11(12-5-3-2-4-6-12)19-16-10-18-15-9-13(17)7-8-14(15)20-16/h2-11H,1H3,(H,19,20)/t11-/m1/s1. The Kier molecular flexibility index (Phi) is 3.38. The van der Waals surface area contributed by atoms with Crippen molar-refractivity contribution in [3.8, 4) is 0 Å². The summed E-state index contributed by atoms with van der Waals surface area (Å²) in [6.07, 6.45) is 1.74. The van der Waals surface area contributed by atoms with Crippen molar-refractivity contribution in [2.24, 2.45) is 0 Å². The molecule has 1 atom stereocenters. The van der Waals surface area contributed by atoms with Crippen LogP contribution in [0.3, 0.4) is 0 Å². The van der Waals surface area contributed by atoms with Crippen molar-refractivity contribution in [3.63, 3.8) is 0 Å². The van der Waals surface area contributed by atoms with Crippen molar-refractivity contribution in [1.29, 1.82) is 0 Å². The van der Waals surface area contributed by atoms with Gasteiger partial charge in [0.05, 0.1) is 17.2 Å². The normalized spacial score (nSPS) is 12.2. The molecule has 20 heavy (non-hydrogen) atoms. The minimum atomic E-state index is 0.178. The average Bonchev–Trinajstić information content (AvgIpc) is 2.48. The number of fused-ring (bicyclic) bond motifs is 1. The van der Waals surface area contributed by atoms with Crippen LogP contribution in [0.2, 0.25) is 0 Å². The number of nitrogens with zero attached hydrogens (tertiary/aromatic N) is 2. The lowest BCUT2D eigenvalue weighted by molar-refractivity contribution is 0.874. The van der Waals surface area contributed by atoms with Gasteiger partial charge in [-0.15, -0.1) is 0 Å². The van der Waals surface area contributed by atoms with E-state index in [1.165, 1.54) is 5.56 Å². The summed E-state index contributed by atoms with van der Waals surface area (Å²) >= 11 is 0. The molecule has 1 N–H and O–H groups in total. The number of nitrogens with one attached hydrogen (secondary N) is 1. The molecule has 0 aliphatic heterocycles. The Morgan fingerprint density at radius 2 is 1.85 bits per heavy atom. The molecular weight excluding hydrogens is 245 g/mol. The smallest absolute Gasteiger partial charge is 0.145 e. The number of benzene rings is 2. The molecule has 0 unspecified atom stereocenters. The first-order valence-electron chi connectivity index (χ1n) is 6.56. The first-order chi connectivity index (χ1) is 9.72. The summed E-state index contributed by atoms with van der Waals surface area (Å²) in [6, 6.07) is 16.0. The highest BCUT2D eigenvalue weighted by molar-refractivity contribution is 6.33. The molecule has 2 radical (unpaired) electrons. The lowest BCUT2D eigenvalue weighted by Crippen LogP contribution is -2.08. The molecule has 0 aliphatic rings. The zero-order valence-corrected chi connectivity index (χ0v) is 11.2. The highest BCUT2D eigenvalue weighted by Gasteiger charge is 2.06. The number of anilines is 1. The molecule has 0 saturated heterocycles. The van der Waals surface area contributed by atoms with Crippen molar-refractivity contribution in [1.82, 2.24) is 9.97 Å². The summed E-state index contributed by atoms with van der Waals surface area (Å²) in [5.74, 6) is 0.763. The van der Waals surface area contributed by atoms with Gasteiger partial charge < -0.3 is 5.32 Å². The molecular formula is C16H14BN3. The third kappa shape index (κ3) is 2.64. The topological polar surface area (TPSA) is 37.8 Å². The zero-order valence-electron chi connectivity index (χ0n) is 11.2. The Bertz CT molecular complexity index is 728. The first kappa shape index (κ1) is 12.7. The quantitative estimate of drug-likeness (QED) is 0.734. The highest BCUT2D eigenvalue weighted by Crippen LogP contribution is 2.18. The van der Waals surface area contributed by atoms with Crippen molar-refractivity contribution in [3.05, 3.63) is 60.3 Å². The first-order valence-corrected chi connectivity index (χ1v) is 6.56. The van der Waals surface area contributed by atoms with Gasteiger partial charge in [0.15, 0.2) is 0 Å². The molecule has 3 nitrogen and oxygen atoms in total. The van der Waals surface area contributed by atoms with Crippen LogP contribution in [0, 0.1) is 0 Å². The minimum absolute atomic E-state index is 0.178. The summed E-state index contributed by atoms with van der Waals surface area (Å²) in [6.45, 7) is 2.10. The van der Waals surface area contributed by atoms with Gasteiger partial charge in [0.1, 0.15) is 13.7 Å². The largest absolute Gasteiger partial charge is 0.362 e. The third-order valence-corrected chi connectivity index (χ3v) is 3.23. The SMILES string of the molecule is [B]c1ccc2nc(N[C@H](C)c3ccccc3)cnc2c1. The van der Waals surface area contributed by atoms with Gasteiger partial charge in [-0.2, -0.15) is 0 Å². The maximum Gasteiger partial charge on any atom is 0.145 e. The van der Waals surface area contributed by atoms with E-state index in [0.29, 0.717) is 5.46 Å². The number of rotatable bonds is 3. The van der Waals surface area contributed by atoms with Crippen LogP contribution in [0.5, 0.6) is 0 Å². The van der Waals surface area contributed by atoms with E-state index < -0.39 is 0 Å². The van der Waals surface area contributed by atoms with Gasteiger partial charge in [-0.3, -0.25) is 4.98 Å². The maximum absolute atomic E-state index is 5.74. The second-order valence-electron chi connectivity index (χ2n) is 4.78. The van der Waals surface area contributed by atoms with Crippen LogP contribution in [0.1, 0.15) is 18.5 Å². The Morgan fingerprint density at radius 1 is 1.05 bits per heavy atom. The monoisotopic (exact) mass is 259 g/mol. The van der Waals surface area contributed by atoms with E-state index >= 15 is 0 Å². The fourth-order valence-electron chi connectivity index (χ4n) is 2.14. The summed E-state index contributed by atoms with van der Waals surface area (Å²) < 4.78 is 0. The third-order valence-electron chi connectivity index (χ3n) is 3.23. The molecule has 2 aromatic carbocycles. The van der Waals surface area contributed by atoms with Gasteiger partial charge in [-0.1, -0.05) is 41.9 Å². The molecule has 0 bridgehead atoms. The van der Waals surface area contributed by atoms with Crippen LogP contribution in [0.4, 0.5) is 5.82 Å². The zero-order chi connectivity index (χ0) is 13.9. The van der Waals surface area contributed by atoms with Crippen molar-refractivity contribution >= 4 is 30.2 Å². The number of hydrogen-bond donors (Lipinski definition) is 1. The Hall–Kier alpha value is -2.36. The van der Waals surface area contributed by atoms with E-state index in [1.54, 1.807) is 6.20 Å². The fraction of sp³-hybridized carbons (Fsp3) is 0.125. The summed E-state index contributed by atoms with van der Waals surface area (Å²) in [7, 11) is 5.74. The van der Waals surface area contributed by atoms with Crippen LogP contribution >= 0.6 is 0 Å². The second-order valence-corrected chi connectivity index (χ2v) is 4.78. The number of aromatic nitrogens is 2. The van der Waals surface area contributed by atoms with E-state index in [-0.39, 0.29) is 6.04 Å². The Balaban J connectivity index is 1.86. The van der Waals surface area contributed by atoms with E-state index in [2.05, 4.69) is 34.3 Å². The lowest BCUT2D eigenvalue weighted by Gasteiger charge is -2.14. The van der Waals surface area contributed by atoms with Crippen LogP contribution in [-0.4, -0.2) is 17.8 Å². The summed E-state index contributed by atoms with van der Waals surface area (Å²) in [5.41, 5.74) is 3.56. The number of hydrogen-bond acceptors (Lipinski definition) is 3. The van der Waals surface area contributed by atoms with Crippen LogP contribution in [0.15, 0.2) is 54.7 Å². The molecule has 0 fully saturated rings. The van der Waals surface area contributed by atoms with Crippen molar-refractivity contribution in [2.45, 2.75) is 13.0 Å². The summed E-state index contributed by atoms with van der Waals surface area (Å²) in [4.78, 5) is 8.94. The second kappa shape index (κ2) is 5.33. The highest BCUT2D eigenvalue weighted by atomic mass is 15.0. The van der Waals surface area contributed by atoms with E-state index in [9.17, 15) is 0 Å². The molecule has 0 saturated carbocycles. The lowest BCUT2D eigenvalue weighted by atomic mass is 9.96. The molecule has 0 amide bonds. The Labute approximate surface area is 119 Å². The maximum atomic E-state index is 5.74. The van der Waals surface area contributed by atoms with Crippen LogP contribution in [-0.2, 0) is 0 Å². The molecule has 4 heteroatoms. The molecule has 96 valence electrons. The van der Waals surface area contributed by atoms with E-state index in [1.807, 2.05) is 36.4 Å². The van der Waals surface area contributed by atoms with Gasteiger partial charge in [-0.25, -0.2) is 4.98 Å².